The number of hydrogen-bond donors (Lipinski definition) is 2. The Morgan fingerprint density at radius 1 is 1.02 bits per heavy atom. The number of carbonyl (C=O) groups is 2. The molecule has 3 atom stereocenters. The molecule has 12 heteroatoms. The molecule has 1 aromatic heterocycles. The maximum Gasteiger partial charge on any atom is 0.416 e. The average Bonchev–Trinajstić information content (AvgIpc) is 3.36. The first-order valence-corrected chi connectivity index (χ1v) is 16.0. The Kier molecular flexibility index (Phi) is 11.2. The highest BCUT2D eigenvalue weighted by Crippen LogP contribution is 2.36. The smallest absolute Gasteiger partial charge is 0.416 e. The van der Waals surface area contributed by atoms with Crippen LogP contribution < -0.4 is 10.9 Å². The number of hydrogen-bond acceptors (Lipinski definition) is 4. The summed E-state index contributed by atoms with van der Waals surface area (Å²) in [4.78, 5) is 41.3. The summed E-state index contributed by atoms with van der Waals surface area (Å²) in [6.07, 6.45) is -2.86. The normalized spacial score (nSPS) is 16.7. The number of rotatable bonds is 11. The van der Waals surface area contributed by atoms with Crippen molar-refractivity contribution >= 4 is 11.9 Å². The van der Waals surface area contributed by atoms with Crippen LogP contribution in [0, 0.1) is 38.3 Å². The second kappa shape index (κ2) is 14.6. The second-order valence-electron chi connectivity index (χ2n) is 13.4. The number of aliphatic carboxylic acids is 1. The number of likely N-dealkylation sites (tertiary alicyclic amines) is 1. The number of alkyl halides is 3. The number of aryl methyl sites for hydroxylation is 3. The van der Waals surface area contributed by atoms with Crippen LogP contribution in [0.15, 0.2) is 41.3 Å². The highest BCUT2D eigenvalue weighted by atomic mass is 19.4. The van der Waals surface area contributed by atoms with Crippen molar-refractivity contribution in [1.29, 1.82) is 0 Å². The van der Waals surface area contributed by atoms with Crippen molar-refractivity contribution in [2.75, 3.05) is 13.6 Å². The minimum Gasteiger partial charge on any atom is -0.481 e. The lowest BCUT2D eigenvalue weighted by Gasteiger charge is -2.27. The van der Waals surface area contributed by atoms with E-state index in [0.29, 0.717) is 34.7 Å². The van der Waals surface area contributed by atoms with E-state index < -0.39 is 59.3 Å². The summed E-state index contributed by atoms with van der Waals surface area (Å²) in [5, 5.41) is 12.4. The van der Waals surface area contributed by atoms with Crippen LogP contribution in [0.5, 0.6) is 0 Å². The van der Waals surface area contributed by atoms with Gasteiger partial charge in [0.15, 0.2) is 0 Å². The van der Waals surface area contributed by atoms with Gasteiger partial charge in [-0.15, -0.1) is 0 Å². The van der Waals surface area contributed by atoms with E-state index in [1.165, 1.54) is 25.1 Å². The summed E-state index contributed by atoms with van der Waals surface area (Å²) in [6, 6.07) is 3.25. The predicted octanol–water partition coefficient (Wildman–Crippen LogP) is 7.29. The molecule has 3 aromatic rings. The summed E-state index contributed by atoms with van der Waals surface area (Å²) in [5.74, 6) is -3.58. The third-order valence-corrected chi connectivity index (χ3v) is 9.07. The molecule has 1 unspecified atom stereocenters. The predicted molar refractivity (Wildman–Crippen MR) is 173 cm³/mol. The number of carbonyl (C=O) groups excluding carboxylic acids is 1. The third kappa shape index (κ3) is 8.32. The van der Waals surface area contributed by atoms with Crippen LogP contribution in [-0.2, 0) is 22.2 Å². The lowest BCUT2D eigenvalue weighted by atomic mass is 9.90. The summed E-state index contributed by atoms with van der Waals surface area (Å²) in [6.45, 7) is 9.15. The molecule has 0 bridgehead atoms. The van der Waals surface area contributed by atoms with E-state index in [1.807, 2.05) is 11.9 Å². The number of likely N-dealkylation sites (N-methyl/N-ethyl adjacent to an activating group) is 1. The number of carboxylic acid groups (broad SMARTS) is 1. The minimum atomic E-state index is -4.80. The van der Waals surface area contributed by atoms with Crippen molar-refractivity contribution < 1.29 is 36.6 Å². The highest BCUT2D eigenvalue weighted by Gasteiger charge is 2.37. The van der Waals surface area contributed by atoms with Gasteiger partial charge in [0.25, 0.3) is 5.56 Å². The van der Waals surface area contributed by atoms with Crippen LogP contribution in [-0.4, -0.2) is 46.1 Å². The zero-order valence-electron chi connectivity index (χ0n) is 28.0. The van der Waals surface area contributed by atoms with Gasteiger partial charge in [0, 0.05) is 23.9 Å². The molecule has 1 amide bonds. The van der Waals surface area contributed by atoms with Gasteiger partial charge in [-0.25, -0.2) is 8.78 Å². The van der Waals surface area contributed by atoms with Crippen LogP contribution >= 0.6 is 0 Å². The van der Waals surface area contributed by atoms with E-state index in [-0.39, 0.29) is 41.5 Å². The molecule has 2 N–H and O–H groups in total. The molecule has 0 spiro atoms. The van der Waals surface area contributed by atoms with Gasteiger partial charge >= 0.3 is 12.1 Å². The number of aromatic nitrogens is 1. The molecule has 0 saturated carbocycles. The molecule has 0 radical (unpaired) electrons. The van der Waals surface area contributed by atoms with Gasteiger partial charge in [0.05, 0.1) is 18.0 Å². The van der Waals surface area contributed by atoms with Crippen molar-refractivity contribution in [2.45, 2.75) is 91.0 Å². The zero-order chi connectivity index (χ0) is 35.7. The van der Waals surface area contributed by atoms with Crippen molar-refractivity contribution in [2.24, 2.45) is 5.92 Å². The zero-order valence-corrected chi connectivity index (χ0v) is 28.0. The van der Waals surface area contributed by atoms with Gasteiger partial charge in [0.2, 0.25) is 5.91 Å². The van der Waals surface area contributed by atoms with Crippen molar-refractivity contribution in [3.05, 3.63) is 91.9 Å². The van der Waals surface area contributed by atoms with Crippen LogP contribution in [0.25, 0.3) is 11.1 Å². The molecule has 0 aliphatic carbocycles. The molecule has 1 saturated heterocycles. The first kappa shape index (κ1) is 36.8. The number of halogens is 5. The standard InChI is InChI=1S/C36H42F5N3O4/c1-19(2)10-30(44-18-24(14-26-8-7-9-43(26)6)28(16-31(44)45)36(39,40)41)35(48)42-29(17-32(46)47)27-15-23(11-22(5)34(27)38)33-20(3)12-25(37)13-21(33)4/h11-13,15-16,18-19,26,29-30H,7-10,14,17H2,1-6H3,(H,42,48)(H,46,47)/t26?,29-,30+/m1/s1. The fraction of sp³-hybridized carbons (Fsp3) is 0.472. The van der Waals surface area contributed by atoms with Gasteiger partial charge in [0.1, 0.15) is 17.7 Å². The van der Waals surface area contributed by atoms with E-state index in [1.54, 1.807) is 33.8 Å². The highest BCUT2D eigenvalue weighted by molar-refractivity contribution is 5.82. The Labute approximate surface area is 276 Å². The van der Waals surface area contributed by atoms with Crippen molar-refractivity contribution in [3.8, 4) is 11.1 Å². The number of nitrogens with zero attached hydrogens (tertiary/aromatic N) is 2. The Bertz CT molecular complexity index is 1730. The molecule has 2 aromatic carbocycles. The third-order valence-electron chi connectivity index (χ3n) is 9.07. The first-order valence-electron chi connectivity index (χ1n) is 16.0. The molecule has 260 valence electrons. The number of amides is 1. The molecular weight excluding hydrogens is 633 g/mol. The Morgan fingerprint density at radius 2 is 1.67 bits per heavy atom. The van der Waals surface area contributed by atoms with Crippen molar-refractivity contribution in [3.63, 3.8) is 0 Å². The number of nitrogens with one attached hydrogen (secondary N) is 1. The van der Waals surface area contributed by atoms with Gasteiger partial charge < -0.3 is 19.9 Å². The Balaban J connectivity index is 1.80. The van der Waals surface area contributed by atoms with E-state index in [4.69, 9.17) is 0 Å². The van der Waals surface area contributed by atoms with Crippen LogP contribution in [0.3, 0.4) is 0 Å². The van der Waals surface area contributed by atoms with E-state index in [9.17, 15) is 37.1 Å². The minimum absolute atomic E-state index is 0.0166. The molecule has 2 heterocycles. The lowest BCUT2D eigenvalue weighted by Crippen LogP contribution is -2.41. The molecule has 7 nitrogen and oxygen atoms in total. The molecule has 48 heavy (non-hydrogen) atoms. The Morgan fingerprint density at radius 3 is 2.21 bits per heavy atom. The van der Waals surface area contributed by atoms with Crippen molar-refractivity contribution in [1.82, 2.24) is 14.8 Å². The summed E-state index contributed by atoms with van der Waals surface area (Å²) in [5.41, 5.74) is 0.0710. The summed E-state index contributed by atoms with van der Waals surface area (Å²) >= 11 is 0. The number of carboxylic acids is 1. The van der Waals surface area contributed by atoms with E-state index in [0.717, 1.165) is 23.7 Å². The fourth-order valence-electron chi connectivity index (χ4n) is 6.79. The average molecular weight is 676 g/mol. The SMILES string of the molecule is Cc1cc(-c2c(C)cc(F)cc2C)cc([C@@H](CC(=O)O)NC(=O)[C@H](CC(C)C)n2cc(CC3CCCN3C)c(C(F)(F)F)cc2=O)c1F. The molecule has 4 rings (SSSR count). The summed E-state index contributed by atoms with van der Waals surface area (Å²) < 4.78 is 73.2. The molecule has 1 aliphatic heterocycles. The van der Waals surface area contributed by atoms with Gasteiger partial charge in [-0.2, -0.15) is 13.2 Å². The number of pyridine rings is 1. The molecule has 1 aliphatic rings. The largest absolute Gasteiger partial charge is 0.481 e. The monoisotopic (exact) mass is 675 g/mol. The fourth-order valence-corrected chi connectivity index (χ4v) is 6.79. The topological polar surface area (TPSA) is 91.6 Å². The van der Waals surface area contributed by atoms with Gasteiger partial charge in [-0.1, -0.05) is 13.8 Å². The lowest BCUT2D eigenvalue weighted by molar-refractivity contribution is -0.139. The second-order valence-corrected chi connectivity index (χ2v) is 13.4. The van der Waals surface area contributed by atoms with E-state index >= 15 is 4.39 Å². The quantitative estimate of drug-likeness (QED) is 0.208. The van der Waals surface area contributed by atoms with Crippen LogP contribution in [0.4, 0.5) is 22.0 Å². The first-order chi connectivity index (χ1) is 22.4. The molecular formula is C36H42F5N3O4. The van der Waals surface area contributed by atoms with Crippen LogP contribution in [0.2, 0.25) is 0 Å². The van der Waals surface area contributed by atoms with Gasteiger partial charge in [-0.05, 0) is 124 Å². The van der Waals surface area contributed by atoms with E-state index in [2.05, 4.69) is 5.32 Å². The van der Waals surface area contributed by atoms with Gasteiger partial charge in [-0.3, -0.25) is 14.4 Å². The Hall–Kier alpha value is -4.06. The van der Waals surface area contributed by atoms with Crippen LogP contribution in [0.1, 0.15) is 85.0 Å². The number of benzene rings is 2. The summed E-state index contributed by atoms with van der Waals surface area (Å²) in [7, 11) is 1.83. The molecule has 1 fully saturated rings. The maximum atomic E-state index is 15.8. The maximum absolute atomic E-state index is 15.8.